The molecule has 0 aliphatic carbocycles. The van der Waals surface area contributed by atoms with Crippen molar-refractivity contribution in [3.05, 3.63) is 45.9 Å². The van der Waals surface area contributed by atoms with Gasteiger partial charge in [-0.15, -0.1) is 0 Å². The summed E-state index contributed by atoms with van der Waals surface area (Å²) in [5.41, 5.74) is 0.131. The third kappa shape index (κ3) is 6.97. The number of carbonyl (C=O) groups is 2. The summed E-state index contributed by atoms with van der Waals surface area (Å²) in [4.78, 5) is 24.3. The second kappa shape index (κ2) is 8.94. The molecular weight excluding hydrogens is 463 g/mol. The number of furan rings is 1. The van der Waals surface area contributed by atoms with Crippen molar-refractivity contribution in [1.82, 2.24) is 0 Å². The van der Waals surface area contributed by atoms with Crippen LogP contribution in [0.2, 0.25) is 0 Å². The van der Waals surface area contributed by atoms with Crippen molar-refractivity contribution < 1.29 is 23.5 Å². The minimum Gasteiger partial charge on any atom is -0.497 e. The van der Waals surface area contributed by atoms with Crippen molar-refractivity contribution in [2.75, 3.05) is 17.7 Å². The standard InChI is InChI=1S/C19H21IN2O5/c1-19(2,3)27-18(24)22-14-8-5-13(25-4)11-15(14)21-17(23)10-7-12-6-9-16(20)26-12/h5-11H,1-4H3,(H,21,23)(H,22,24)/b10-7+. The maximum absolute atomic E-state index is 12.2. The molecule has 0 spiro atoms. The van der Waals surface area contributed by atoms with Gasteiger partial charge < -0.3 is 19.2 Å². The Bertz CT molecular complexity index is 852. The van der Waals surface area contributed by atoms with Gasteiger partial charge in [-0.05, 0) is 73.7 Å². The van der Waals surface area contributed by atoms with Crippen LogP contribution in [0.25, 0.3) is 6.08 Å². The fraction of sp³-hybridized carbons (Fsp3) is 0.263. The van der Waals surface area contributed by atoms with Crippen LogP contribution in [0.5, 0.6) is 5.75 Å². The molecule has 0 bridgehead atoms. The molecular formula is C19H21IN2O5. The van der Waals surface area contributed by atoms with E-state index >= 15 is 0 Å². The van der Waals surface area contributed by atoms with E-state index in [2.05, 4.69) is 10.6 Å². The van der Waals surface area contributed by atoms with E-state index in [1.54, 1.807) is 57.2 Å². The van der Waals surface area contributed by atoms with E-state index in [4.69, 9.17) is 13.9 Å². The number of hydrogen-bond acceptors (Lipinski definition) is 5. The number of benzene rings is 1. The molecule has 144 valence electrons. The number of anilines is 2. The maximum atomic E-state index is 12.2. The van der Waals surface area contributed by atoms with Crippen LogP contribution in [0.1, 0.15) is 26.5 Å². The Morgan fingerprint density at radius 2 is 1.85 bits per heavy atom. The second-order valence-electron chi connectivity index (χ2n) is 6.50. The third-order valence-corrected chi connectivity index (χ3v) is 3.69. The number of ether oxygens (including phenoxy) is 2. The Kier molecular flexibility index (Phi) is 6.89. The topological polar surface area (TPSA) is 89.8 Å². The number of hydrogen-bond donors (Lipinski definition) is 2. The van der Waals surface area contributed by atoms with Gasteiger partial charge in [-0.25, -0.2) is 4.79 Å². The summed E-state index contributed by atoms with van der Waals surface area (Å²) >= 11 is 2.04. The lowest BCUT2D eigenvalue weighted by Crippen LogP contribution is -2.27. The van der Waals surface area contributed by atoms with E-state index in [0.717, 1.165) is 3.77 Å². The summed E-state index contributed by atoms with van der Waals surface area (Å²) in [6.07, 6.45) is 2.27. The number of nitrogens with one attached hydrogen (secondary N) is 2. The monoisotopic (exact) mass is 484 g/mol. The lowest BCUT2D eigenvalue weighted by Gasteiger charge is -2.20. The lowest BCUT2D eigenvalue weighted by atomic mass is 10.2. The molecule has 0 aliphatic heterocycles. The first kappa shape index (κ1) is 20.8. The van der Waals surface area contributed by atoms with Gasteiger partial charge in [0.05, 0.1) is 18.5 Å². The van der Waals surface area contributed by atoms with Crippen LogP contribution in [0, 0.1) is 3.77 Å². The van der Waals surface area contributed by atoms with Crippen LogP contribution < -0.4 is 15.4 Å². The zero-order chi connectivity index (χ0) is 20.0. The molecule has 0 radical (unpaired) electrons. The quantitative estimate of drug-likeness (QED) is 0.466. The van der Waals surface area contributed by atoms with Gasteiger partial charge in [0.1, 0.15) is 17.1 Å². The highest BCUT2D eigenvalue weighted by Crippen LogP contribution is 2.28. The van der Waals surface area contributed by atoms with Crippen LogP contribution in [0.4, 0.5) is 16.2 Å². The first-order valence-corrected chi connectivity index (χ1v) is 9.16. The predicted octanol–water partition coefficient (Wildman–Crippen LogP) is 4.89. The van der Waals surface area contributed by atoms with Gasteiger partial charge in [0, 0.05) is 12.1 Å². The van der Waals surface area contributed by atoms with Crippen molar-refractivity contribution in [2.24, 2.45) is 0 Å². The highest BCUT2D eigenvalue weighted by molar-refractivity contribution is 14.1. The van der Waals surface area contributed by atoms with E-state index in [1.165, 1.54) is 13.2 Å². The largest absolute Gasteiger partial charge is 0.497 e. The van der Waals surface area contributed by atoms with Crippen LogP contribution in [0.3, 0.4) is 0 Å². The van der Waals surface area contributed by atoms with Crippen molar-refractivity contribution >= 4 is 52.0 Å². The van der Waals surface area contributed by atoms with Crippen LogP contribution in [-0.4, -0.2) is 24.7 Å². The fourth-order valence-corrected chi connectivity index (χ4v) is 2.46. The Morgan fingerprint density at radius 1 is 1.11 bits per heavy atom. The van der Waals surface area contributed by atoms with Gasteiger partial charge in [0.2, 0.25) is 5.91 Å². The molecule has 2 N–H and O–H groups in total. The Hall–Kier alpha value is -2.49. The summed E-state index contributed by atoms with van der Waals surface area (Å²) in [7, 11) is 1.51. The van der Waals surface area contributed by atoms with E-state index < -0.39 is 11.7 Å². The second-order valence-corrected chi connectivity index (χ2v) is 7.57. The van der Waals surface area contributed by atoms with E-state index in [-0.39, 0.29) is 5.91 Å². The van der Waals surface area contributed by atoms with E-state index in [9.17, 15) is 9.59 Å². The summed E-state index contributed by atoms with van der Waals surface area (Å²) in [5, 5.41) is 5.34. The molecule has 0 saturated heterocycles. The van der Waals surface area contributed by atoms with Gasteiger partial charge in [0.15, 0.2) is 3.77 Å². The maximum Gasteiger partial charge on any atom is 0.412 e. The van der Waals surface area contributed by atoms with E-state index in [0.29, 0.717) is 22.9 Å². The molecule has 8 heteroatoms. The molecule has 1 heterocycles. The minimum atomic E-state index is -0.636. The van der Waals surface area contributed by atoms with Crippen LogP contribution >= 0.6 is 22.6 Å². The predicted molar refractivity (Wildman–Crippen MR) is 112 cm³/mol. The molecule has 0 unspecified atom stereocenters. The number of rotatable bonds is 5. The highest BCUT2D eigenvalue weighted by atomic mass is 127. The summed E-state index contributed by atoms with van der Waals surface area (Å²) < 4.78 is 16.5. The van der Waals surface area contributed by atoms with Gasteiger partial charge in [-0.3, -0.25) is 10.1 Å². The number of amides is 2. The molecule has 27 heavy (non-hydrogen) atoms. The molecule has 0 atom stereocenters. The molecule has 7 nitrogen and oxygen atoms in total. The summed E-state index contributed by atoms with van der Waals surface area (Å²) in [6, 6.07) is 8.45. The first-order chi connectivity index (χ1) is 12.7. The van der Waals surface area contributed by atoms with Gasteiger partial charge in [-0.2, -0.15) is 0 Å². The van der Waals surface area contributed by atoms with Gasteiger partial charge >= 0.3 is 6.09 Å². The average Bonchev–Trinajstić information content (AvgIpc) is 2.98. The average molecular weight is 484 g/mol. The van der Waals surface area contributed by atoms with Crippen LogP contribution in [0.15, 0.2) is 40.8 Å². The zero-order valence-corrected chi connectivity index (χ0v) is 17.6. The summed E-state index contributed by atoms with van der Waals surface area (Å²) in [5.74, 6) is 0.707. The zero-order valence-electron chi connectivity index (χ0n) is 15.5. The third-order valence-electron chi connectivity index (χ3n) is 3.11. The molecule has 1 aromatic heterocycles. The molecule has 2 rings (SSSR count). The smallest absolute Gasteiger partial charge is 0.412 e. The van der Waals surface area contributed by atoms with Crippen molar-refractivity contribution in [2.45, 2.75) is 26.4 Å². The molecule has 1 aromatic carbocycles. The van der Waals surface area contributed by atoms with Gasteiger partial charge in [-0.1, -0.05) is 0 Å². The van der Waals surface area contributed by atoms with Crippen molar-refractivity contribution in [3.8, 4) is 5.75 Å². The van der Waals surface area contributed by atoms with Crippen molar-refractivity contribution in [1.29, 1.82) is 0 Å². The van der Waals surface area contributed by atoms with E-state index in [1.807, 2.05) is 22.6 Å². The molecule has 2 amide bonds. The summed E-state index contributed by atoms with van der Waals surface area (Å²) in [6.45, 7) is 5.30. The molecule has 0 aliphatic rings. The fourth-order valence-electron chi connectivity index (χ4n) is 2.03. The lowest BCUT2D eigenvalue weighted by molar-refractivity contribution is -0.111. The normalized spacial score (nSPS) is 11.3. The molecule has 2 aromatic rings. The molecule has 0 saturated carbocycles. The number of methoxy groups -OCH3 is 1. The first-order valence-electron chi connectivity index (χ1n) is 8.09. The van der Waals surface area contributed by atoms with Gasteiger partial charge in [0.25, 0.3) is 0 Å². The Morgan fingerprint density at radius 3 is 2.44 bits per heavy atom. The minimum absolute atomic E-state index is 0.379. The highest BCUT2D eigenvalue weighted by Gasteiger charge is 2.18. The number of carbonyl (C=O) groups excluding carboxylic acids is 2. The SMILES string of the molecule is COc1ccc(NC(=O)OC(C)(C)C)c(NC(=O)/C=C/c2ccc(I)o2)c1. The van der Waals surface area contributed by atoms with Crippen molar-refractivity contribution in [3.63, 3.8) is 0 Å². The molecule has 0 fully saturated rings. The Balaban J connectivity index is 2.14. The number of halogens is 1. The van der Waals surface area contributed by atoms with Crippen LogP contribution in [-0.2, 0) is 9.53 Å². The Labute approximate surface area is 171 Å².